The van der Waals surface area contributed by atoms with Crippen molar-refractivity contribution in [1.82, 2.24) is 10.3 Å². The van der Waals surface area contributed by atoms with E-state index < -0.39 is 0 Å². The summed E-state index contributed by atoms with van der Waals surface area (Å²) in [6.07, 6.45) is 0.889. The maximum Gasteiger partial charge on any atom is 0.217 e. The molecule has 18 heavy (non-hydrogen) atoms. The van der Waals surface area contributed by atoms with Gasteiger partial charge < -0.3 is 10.2 Å². The number of rotatable bonds is 2. The average Bonchev–Trinajstić information content (AvgIpc) is 2.76. The van der Waals surface area contributed by atoms with Crippen LogP contribution in [0.3, 0.4) is 0 Å². The SMILES string of the molecule is CC(=O)NC1CCN(c2nc(C)ccc2C#N)C1. The van der Waals surface area contributed by atoms with E-state index in [1.165, 1.54) is 6.92 Å². The third-order valence-electron chi connectivity index (χ3n) is 3.03. The van der Waals surface area contributed by atoms with Gasteiger partial charge in [0.15, 0.2) is 0 Å². The average molecular weight is 244 g/mol. The summed E-state index contributed by atoms with van der Waals surface area (Å²) >= 11 is 0. The lowest BCUT2D eigenvalue weighted by Crippen LogP contribution is -2.35. The van der Waals surface area contributed by atoms with Gasteiger partial charge in [-0.1, -0.05) is 0 Å². The van der Waals surface area contributed by atoms with Crippen molar-refractivity contribution in [3.63, 3.8) is 0 Å². The second-order valence-corrected chi connectivity index (χ2v) is 4.57. The molecule has 1 fully saturated rings. The van der Waals surface area contributed by atoms with Crippen LogP contribution in [0.1, 0.15) is 24.6 Å². The van der Waals surface area contributed by atoms with Gasteiger partial charge in [0.1, 0.15) is 11.9 Å². The van der Waals surface area contributed by atoms with Crippen molar-refractivity contribution in [2.45, 2.75) is 26.3 Å². The highest BCUT2D eigenvalue weighted by Crippen LogP contribution is 2.22. The first-order valence-electron chi connectivity index (χ1n) is 6.00. The molecule has 0 spiro atoms. The molecular formula is C13H16N4O. The van der Waals surface area contributed by atoms with Crippen molar-refractivity contribution >= 4 is 11.7 Å². The van der Waals surface area contributed by atoms with Gasteiger partial charge >= 0.3 is 0 Å². The minimum Gasteiger partial charge on any atom is -0.353 e. The summed E-state index contributed by atoms with van der Waals surface area (Å²) in [4.78, 5) is 17.5. The predicted molar refractivity (Wildman–Crippen MR) is 68.1 cm³/mol. The molecule has 2 heterocycles. The Morgan fingerprint density at radius 3 is 3.06 bits per heavy atom. The Bertz CT molecular complexity index is 506. The van der Waals surface area contributed by atoms with Crippen molar-refractivity contribution in [2.75, 3.05) is 18.0 Å². The molecule has 1 amide bonds. The Balaban J connectivity index is 2.16. The number of amides is 1. The van der Waals surface area contributed by atoms with E-state index in [1.54, 1.807) is 6.07 Å². The molecule has 0 aliphatic carbocycles. The molecule has 0 saturated carbocycles. The van der Waals surface area contributed by atoms with Gasteiger partial charge in [0.25, 0.3) is 0 Å². The predicted octanol–water partition coefficient (Wildman–Crippen LogP) is 0.976. The molecular weight excluding hydrogens is 228 g/mol. The van der Waals surface area contributed by atoms with Crippen LogP contribution in [-0.2, 0) is 4.79 Å². The number of nitrogens with zero attached hydrogens (tertiary/aromatic N) is 3. The van der Waals surface area contributed by atoms with Gasteiger partial charge in [0, 0.05) is 31.7 Å². The molecule has 5 heteroatoms. The number of carbonyl (C=O) groups is 1. The zero-order valence-electron chi connectivity index (χ0n) is 10.6. The number of hydrogen-bond acceptors (Lipinski definition) is 4. The van der Waals surface area contributed by atoms with E-state index in [1.807, 2.05) is 13.0 Å². The van der Waals surface area contributed by atoms with E-state index in [4.69, 9.17) is 5.26 Å². The lowest BCUT2D eigenvalue weighted by Gasteiger charge is -2.19. The molecule has 1 aromatic rings. The van der Waals surface area contributed by atoms with Gasteiger partial charge in [-0.2, -0.15) is 5.26 Å². The van der Waals surface area contributed by atoms with Gasteiger partial charge in [-0.3, -0.25) is 4.79 Å². The number of anilines is 1. The number of aromatic nitrogens is 1. The zero-order valence-corrected chi connectivity index (χ0v) is 10.6. The van der Waals surface area contributed by atoms with Crippen molar-refractivity contribution < 1.29 is 4.79 Å². The fourth-order valence-corrected chi connectivity index (χ4v) is 2.23. The summed E-state index contributed by atoms with van der Waals surface area (Å²) in [5, 5.41) is 12.0. The van der Waals surface area contributed by atoms with Gasteiger partial charge in [0.05, 0.1) is 5.56 Å². The highest BCUT2D eigenvalue weighted by molar-refractivity contribution is 5.73. The van der Waals surface area contributed by atoms with Crippen LogP contribution in [0.5, 0.6) is 0 Å². The molecule has 1 N–H and O–H groups in total. The maximum absolute atomic E-state index is 11.0. The maximum atomic E-state index is 11.0. The molecule has 94 valence electrons. The number of hydrogen-bond donors (Lipinski definition) is 1. The van der Waals surface area contributed by atoms with E-state index in [0.29, 0.717) is 12.1 Å². The molecule has 1 aliphatic rings. The second kappa shape index (κ2) is 5.05. The summed E-state index contributed by atoms with van der Waals surface area (Å²) in [6, 6.07) is 5.94. The van der Waals surface area contributed by atoms with Gasteiger partial charge in [-0.25, -0.2) is 4.98 Å². The minimum atomic E-state index is -0.0143. The quantitative estimate of drug-likeness (QED) is 0.842. The third kappa shape index (κ3) is 2.59. The molecule has 1 aliphatic heterocycles. The van der Waals surface area contributed by atoms with Crippen LogP contribution in [-0.4, -0.2) is 30.0 Å². The number of nitrogens with one attached hydrogen (secondary N) is 1. The van der Waals surface area contributed by atoms with Gasteiger partial charge in [0.2, 0.25) is 5.91 Å². The molecule has 2 rings (SSSR count). The van der Waals surface area contributed by atoms with Crippen molar-refractivity contribution in [3.8, 4) is 6.07 Å². The summed E-state index contributed by atoms with van der Waals surface area (Å²) in [5.74, 6) is 0.713. The van der Waals surface area contributed by atoms with Crippen LogP contribution < -0.4 is 10.2 Å². The summed E-state index contributed by atoms with van der Waals surface area (Å²) in [7, 11) is 0. The van der Waals surface area contributed by atoms with Gasteiger partial charge in [-0.15, -0.1) is 0 Å². The first kappa shape index (κ1) is 12.4. The van der Waals surface area contributed by atoms with Crippen LogP contribution in [0.15, 0.2) is 12.1 Å². The molecule has 0 radical (unpaired) electrons. The first-order valence-corrected chi connectivity index (χ1v) is 6.00. The second-order valence-electron chi connectivity index (χ2n) is 4.57. The monoisotopic (exact) mass is 244 g/mol. The van der Waals surface area contributed by atoms with E-state index in [-0.39, 0.29) is 11.9 Å². The Labute approximate surface area is 106 Å². The highest BCUT2D eigenvalue weighted by Gasteiger charge is 2.25. The summed E-state index contributed by atoms with van der Waals surface area (Å²) in [5.41, 5.74) is 1.48. The molecule has 1 unspecified atom stereocenters. The summed E-state index contributed by atoms with van der Waals surface area (Å²) in [6.45, 7) is 4.96. The van der Waals surface area contributed by atoms with E-state index in [0.717, 1.165) is 24.5 Å². The normalized spacial score (nSPS) is 18.5. The fourth-order valence-electron chi connectivity index (χ4n) is 2.23. The van der Waals surface area contributed by atoms with Crippen LogP contribution >= 0.6 is 0 Å². The van der Waals surface area contributed by atoms with E-state index >= 15 is 0 Å². The Kier molecular flexibility index (Phi) is 3.47. The highest BCUT2D eigenvalue weighted by atomic mass is 16.1. The van der Waals surface area contributed by atoms with E-state index in [2.05, 4.69) is 21.3 Å². The Hall–Kier alpha value is -2.09. The standard InChI is InChI=1S/C13H16N4O/c1-9-3-4-11(7-14)13(15-9)17-6-5-12(8-17)16-10(2)18/h3-4,12H,5-6,8H2,1-2H3,(H,16,18). The topological polar surface area (TPSA) is 69.0 Å². The van der Waals surface area contributed by atoms with Crippen molar-refractivity contribution in [2.24, 2.45) is 0 Å². The smallest absolute Gasteiger partial charge is 0.217 e. The number of pyridine rings is 1. The summed E-state index contributed by atoms with van der Waals surface area (Å²) < 4.78 is 0. The zero-order chi connectivity index (χ0) is 13.1. The molecule has 5 nitrogen and oxygen atoms in total. The molecule has 1 saturated heterocycles. The number of aryl methyl sites for hydroxylation is 1. The molecule has 1 aromatic heterocycles. The first-order chi connectivity index (χ1) is 8.60. The van der Waals surface area contributed by atoms with Crippen molar-refractivity contribution in [1.29, 1.82) is 5.26 Å². The number of carbonyl (C=O) groups excluding carboxylic acids is 1. The minimum absolute atomic E-state index is 0.0143. The Morgan fingerprint density at radius 2 is 2.39 bits per heavy atom. The van der Waals surface area contributed by atoms with Crippen LogP contribution in [0, 0.1) is 18.3 Å². The molecule has 1 atom stereocenters. The van der Waals surface area contributed by atoms with E-state index in [9.17, 15) is 4.79 Å². The van der Waals surface area contributed by atoms with Crippen LogP contribution in [0.25, 0.3) is 0 Å². The third-order valence-corrected chi connectivity index (χ3v) is 3.03. The van der Waals surface area contributed by atoms with Crippen LogP contribution in [0.2, 0.25) is 0 Å². The van der Waals surface area contributed by atoms with Crippen molar-refractivity contribution in [3.05, 3.63) is 23.4 Å². The lowest BCUT2D eigenvalue weighted by molar-refractivity contribution is -0.119. The largest absolute Gasteiger partial charge is 0.353 e. The lowest BCUT2D eigenvalue weighted by atomic mass is 10.2. The fraction of sp³-hybridized carbons (Fsp3) is 0.462. The number of nitriles is 1. The van der Waals surface area contributed by atoms with Gasteiger partial charge in [-0.05, 0) is 25.5 Å². The molecule has 0 bridgehead atoms. The molecule has 0 aromatic carbocycles. The van der Waals surface area contributed by atoms with Crippen LogP contribution in [0.4, 0.5) is 5.82 Å². The Morgan fingerprint density at radius 1 is 1.61 bits per heavy atom.